The number of rotatable bonds is 4. The highest BCUT2D eigenvalue weighted by molar-refractivity contribution is 5.80. The molecule has 0 radical (unpaired) electrons. The van der Waals surface area contributed by atoms with Crippen molar-refractivity contribution < 1.29 is 9.36 Å². The fraction of sp³-hybridized carbons (Fsp3) is 0.333. The lowest BCUT2D eigenvalue weighted by Crippen LogP contribution is -2.44. The predicted molar refractivity (Wildman–Crippen MR) is 72.0 cm³/mol. The van der Waals surface area contributed by atoms with Gasteiger partial charge in [0.25, 0.3) is 5.91 Å². The van der Waals surface area contributed by atoms with Gasteiger partial charge in [0, 0.05) is 17.5 Å². The van der Waals surface area contributed by atoms with Crippen LogP contribution < -0.4 is 9.88 Å². The largest absolute Gasteiger partial charge is 0.348 e. The average molecular weight is 243 g/mol. The zero-order valence-corrected chi connectivity index (χ0v) is 10.9. The van der Waals surface area contributed by atoms with Crippen LogP contribution in [0.5, 0.6) is 0 Å². The van der Waals surface area contributed by atoms with Gasteiger partial charge in [-0.05, 0) is 24.8 Å². The summed E-state index contributed by atoms with van der Waals surface area (Å²) in [5.41, 5.74) is 0. The third-order valence-corrected chi connectivity index (χ3v) is 3.09. The molecule has 0 aliphatic carbocycles. The van der Waals surface area contributed by atoms with E-state index in [1.54, 1.807) is 0 Å². The van der Waals surface area contributed by atoms with Gasteiger partial charge in [0.15, 0.2) is 12.4 Å². The van der Waals surface area contributed by atoms with Crippen LogP contribution in [0.2, 0.25) is 0 Å². The molecule has 2 aromatic rings. The molecule has 0 bridgehead atoms. The van der Waals surface area contributed by atoms with Crippen LogP contribution in [0.15, 0.2) is 42.7 Å². The maximum Gasteiger partial charge on any atom is 0.286 e. The second-order valence-corrected chi connectivity index (χ2v) is 4.62. The SMILES string of the molecule is CCC(C)NC(=O)C[n+]1ccc2ccccc2c1. The minimum absolute atomic E-state index is 0.0598. The highest BCUT2D eigenvalue weighted by Crippen LogP contribution is 2.09. The second kappa shape index (κ2) is 5.63. The van der Waals surface area contributed by atoms with Crippen LogP contribution in [0.4, 0.5) is 0 Å². The Kier molecular flexibility index (Phi) is 3.92. The minimum atomic E-state index is 0.0598. The van der Waals surface area contributed by atoms with Gasteiger partial charge < -0.3 is 5.32 Å². The Hall–Kier alpha value is -1.90. The van der Waals surface area contributed by atoms with Crippen molar-refractivity contribution in [3.05, 3.63) is 42.7 Å². The number of carbonyl (C=O) groups is 1. The first-order valence-corrected chi connectivity index (χ1v) is 6.36. The highest BCUT2D eigenvalue weighted by Gasteiger charge is 2.11. The molecule has 1 atom stereocenters. The fourth-order valence-electron chi connectivity index (χ4n) is 1.86. The van der Waals surface area contributed by atoms with Crippen molar-refractivity contribution in [2.24, 2.45) is 0 Å². The third-order valence-electron chi connectivity index (χ3n) is 3.09. The Bertz CT molecular complexity index is 551. The number of hydrogen-bond acceptors (Lipinski definition) is 1. The molecule has 0 aliphatic heterocycles. The first-order valence-electron chi connectivity index (χ1n) is 6.36. The van der Waals surface area contributed by atoms with Gasteiger partial charge in [-0.1, -0.05) is 25.1 Å². The number of fused-ring (bicyclic) bond motifs is 1. The number of benzene rings is 1. The number of nitrogens with one attached hydrogen (secondary N) is 1. The topological polar surface area (TPSA) is 33.0 Å². The number of nitrogens with zero attached hydrogens (tertiary/aromatic N) is 1. The summed E-state index contributed by atoms with van der Waals surface area (Å²) in [7, 11) is 0. The molecule has 2 rings (SSSR count). The maximum absolute atomic E-state index is 11.8. The van der Waals surface area contributed by atoms with E-state index >= 15 is 0 Å². The molecule has 94 valence electrons. The molecule has 1 N–H and O–H groups in total. The Morgan fingerprint density at radius 2 is 2.00 bits per heavy atom. The minimum Gasteiger partial charge on any atom is -0.348 e. The van der Waals surface area contributed by atoms with Crippen LogP contribution in [0.1, 0.15) is 20.3 Å². The van der Waals surface area contributed by atoms with Crippen molar-refractivity contribution >= 4 is 16.7 Å². The van der Waals surface area contributed by atoms with Gasteiger partial charge in [-0.25, -0.2) is 0 Å². The van der Waals surface area contributed by atoms with Crippen LogP contribution in [0.3, 0.4) is 0 Å². The van der Waals surface area contributed by atoms with Gasteiger partial charge >= 0.3 is 0 Å². The molecule has 3 heteroatoms. The van der Waals surface area contributed by atoms with E-state index in [9.17, 15) is 4.79 Å². The van der Waals surface area contributed by atoms with Crippen LogP contribution in [-0.2, 0) is 11.3 Å². The van der Waals surface area contributed by atoms with E-state index in [1.807, 2.05) is 42.1 Å². The molecule has 1 unspecified atom stereocenters. The molecule has 3 nitrogen and oxygen atoms in total. The summed E-state index contributed by atoms with van der Waals surface area (Å²) >= 11 is 0. The van der Waals surface area contributed by atoms with E-state index in [1.165, 1.54) is 5.39 Å². The molecule has 1 heterocycles. The Balaban J connectivity index is 2.10. The Labute approximate surface area is 107 Å². The van der Waals surface area contributed by atoms with Crippen LogP contribution >= 0.6 is 0 Å². The summed E-state index contributed by atoms with van der Waals surface area (Å²) in [6, 6.07) is 10.4. The number of carbonyl (C=O) groups excluding carboxylic acids is 1. The summed E-state index contributed by atoms with van der Waals surface area (Å²) in [4.78, 5) is 11.8. The summed E-state index contributed by atoms with van der Waals surface area (Å²) in [6.45, 7) is 4.45. The van der Waals surface area contributed by atoms with Crippen molar-refractivity contribution in [1.82, 2.24) is 5.32 Å². The zero-order chi connectivity index (χ0) is 13.0. The van der Waals surface area contributed by atoms with Gasteiger partial charge in [-0.3, -0.25) is 4.79 Å². The van der Waals surface area contributed by atoms with E-state index in [2.05, 4.69) is 24.4 Å². The van der Waals surface area contributed by atoms with E-state index in [0.29, 0.717) is 6.54 Å². The van der Waals surface area contributed by atoms with E-state index in [0.717, 1.165) is 11.8 Å². The van der Waals surface area contributed by atoms with Crippen molar-refractivity contribution in [2.75, 3.05) is 0 Å². The maximum atomic E-state index is 11.8. The predicted octanol–water partition coefficient (Wildman–Crippen LogP) is 2.04. The molecule has 0 aliphatic rings. The Morgan fingerprint density at radius 3 is 2.72 bits per heavy atom. The summed E-state index contributed by atoms with van der Waals surface area (Å²) < 4.78 is 1.92. The van der Waals surface area contributed by atoms with Gasteiger partial charge in [0.2, 0.25) is 6.54 Å². The molecule has 1 aromatic carbocycles. The monoisotopic (exact) mass is 243 g/mol. The van der Waals surface area contributed by atoms with Crippen molar-refractivity contribution in [1.29, 1.82) is 0 Å². The summed E-state index contributed by atoms with van der Waals surface area (Å²) in [6.07, 6.45) is 4.90. The quantitative estimate of drug-likeness (QED) is 0.819. The molecular formula is C15H19N2O+. The van der Waals surface area contributed by atoms with E-state index in [-0.39, 0.29) is 11.9 Å². The number of hydrogen-bond donors (Lipinski definition) is 1. The van der Waals surface area contributed by atoms with Gasteiger partial charge in [0.05, 0.1) is 0 Å². The summed E-state index contributed by atoms with van der Waals surface area (Å²) in [5, 5.41) is 5.31. The van der Waals surface area contributed by atoms with Gasteiger partial charge in [-0.15, -0.1) is 0 Å². The standard InChI is InChI=1S/C15H18N2O/c1-3-12(2)16-15(18)11-17-9-8-13-6-4-5-7-14(13)10-17/h4-10,12H,3,11H2,1-2H3/p+1. The first-order chi connectivity index (χ1) is 8.69. The van der Waals surface area contributed by atoms with Gasteiger partial charge in [0.1, 0.15) is 0 Å². The first kappa shape index (κ1) is 12.6. The van der Waals surface area contributed by atoms with Crippen LogP contribution in [-0.4, -0.2) is 11.9 Å². The molecule has 18 heavy (non-hydrogen) atoms. The summed E-state index contributed by atoms with van der Waals surface area (Å²) in [5.74, 6) is 0.0598. The molecule has 0 fully saturated rings. The molecular weight excluding hydrogens is 224 g/mol. The molecule has 1 amide bonds. The molecule has 0 saturated heterocycles. The number of aromatic nitrogens is 1. The normalized spacial score (nSPS) is 12.3. The molecule has 0 saturated carbocycles. The zero-order valence-electron chi connectivity index (χ0n) is 10.9. The smallest absolute Gasteiger partial charge is 0.286 e. The average Bonchev–Trinajstić information content (AvgIpc) is 2.38. The number of amides is 1. The van der Waals surface area contributed by atoms with E-state index < -0.39 is 0 Å². The number of pyridine rings is 1. The lowest BCUT2D eigenvalue weighted by molar-refractivity contribution is -0.683. The molecule has 1 aromatic heterocycles. The highest BCUT2D eigenvalue weighted by atomic mass is 16.2. The Morgan fingerprint density at radius 1 is 1.28 bits per heavy atom. The molecule has 0 spiro atoms. The lowest BCUT2D eigenvalue weighted by Gasteiger charge is -2.09. The van der Waals surface area contributed by atoms with Crippen molar-refractivity contribution in [3.8, 4) is 0 Å². The second-order valence-electron chi connectivity index (χ2n) is 4.62. The third kappa shape index (κ3) is 3.06. The fourth-order valence-corrected chi connectivity index (χ4v) is 1.86. The van der Waals surface area contributed by atoms with Crippen LogP contribution in [0.25, 0.3) is 10.8 Å². The van der Waals surface area contributed by atoms with Crippen molar-refractivity contribution in [3.63, 3.8) is 0 Å². The van der Waals surface area contributed by atoms with Crippen molar-refractivity contribution in [2.45, 2.75) is 32.9 Å². The van der Waals surface area contributed by atoms with E-state index in [4.69, 9.17) is 0 Å². The lowest BCUT2D eigenvalue weighted by atomic mass is 10.2. The van der Waals surface area contributed by atoms with Crippen LogP contribution in [0, 0.1) is 0 Å². The van der Waals surface area contributed by atoms with Gasteiger partial charge in [-0.2, -0.15) is 4.57 Å².